The van der Waals surface area contributed by atoms with E-state index in [4.69, 9.17) is 9.97 Å². The van der Waals surface area contributed by atoms with Crippen LogP contribution in [0.2, 0.25) is 0 Å². The molecule has 0 aromatic carbocycles. The Morgan fingerprint density at radius 2 is 2.06 bits per heavy atom. The summed E-state index contributed by atoms with van der Waals surface area (Å²) in [5.74, 6) is 3.11. The standard InChI is InChI=1S/C26H34N6OS/c1-17(2)14-28-22(33)16-31-9-11-32(12-10-31)25-23-20-7-6-18(3)13-21(20)34-26(23)30-24(29-25)19-5-4-8-27-15-19/h4-5,8,15,17-18H,6-7,9-14,16H2,1-3H3,(H,28,33)/t18-/m0/s1. The van der Waals surface area contributed by atoms with Crippen molar-refractivity contribution in [1.82, 2.24) is 25.2 Å². The molecule has 0 saturated carbocycles. The number of amides is 1. The van der Waals surface area contributed by atoms with Crippen LogP contribution in [0.5, 0.6) is 0 Å². The maximum absolute atomic E-state index is 12.3. The molecule has 5 rings (SSSR count). The molecular formula is C26H34N6OS. The summed E-state index contributed by atoms with van der Waals surface area (Å²) in [5.41, 5.74) is 2.41. The third kappa shape index (κ3) is 4.93. The van der Waals surface area contributed by atoms with Gasteiger partial charge in [-0.2, -0.15) is 0 Å². The van der Waals surface area contributed by atoms with E-state index in [2.05, 4.69) is 40.9 Å². The molecule has 34 heavy (non-hydrogen) atoms. The number of fused-ring (bicyclic) bond motifs is 3. The van der Waals surface area contributed by atoms with Crippen molar-refractivity contribution in [2.75, 3.05) is 44.2 Å². The van der Waals surface area contributed by atoms with Gasteiger partial charge in [0.1, 0.15) is 10.6 Å². The number of piperazine rings is 1. The van der Waals surface area contributed by atoms with Crippen LogP contribution in [-0.2, 0) is 17.6 Å². The lowest BCUT2D eigenvalue weighted by Gasteiger charge is -2.35. The lowest BCUT2D eigenvalue weighted by atomic mass is 9.89. The van der Waals surface area contributed by atoms with E-state index in [1.54, 1.807) is 6.20 Å². The zero-order chi connectivity index (χ0) is 23.7. The van der Waals surface area contributed by atoms with E-state index in [-0.39, 0.29) is 5.91 Å². The molecule has 2 aliphatic rings. The first-order valence-electron chi connectivity index (χ1n) is 12.4. The number of rotatable bonds is 6. The number of hydrogen-bond donors (Lipinski definition) is 1. The van der Waals surface area contributed by atoms with Crippen molar-refractivity contribution in [2.24, 2.45) is 11.8 Å². The number of hydrogen-bond acceptors (Lipinski definition) is 7. The molecule has 1 saturated heterocycles. The van der Waals surface area contributed by atoms with Gasteiger partial charge in [-0.1, -0.05) is 20.8 Å². The number of anilines is 1. The largest absolute Gasteiger partial charge is 0.355 e. The molecule has 1 amide bonds. The molecule has 0 spiro atoms. The molecule has 1 N–H and O–H groups in total. The smallest absolute Gasteiger partial charge is 0.234 e. The van der Waals surface area contributed by atoms with Crippen LogP contribution in [0.4, 0.5) is 5.82 Å². The Morgan fingerprint density at radius 1 is 1.24 bits per heavy atom. The van der Waals surface area contributed by atoms with Crippen LogP contribution in [0.25, 0.3) is 21.6 Å². The maximum Gasteiger partial charge on any atom is 0.234 e. The molecule has 3 aromatic rings. The van der Waals surface area contributed by atoms with Crippen molar-refractivity contribution in [2.45, 2.75) is 40.0 Å². The molecule has 1 atom stereocenters. The third-order valence-electron chi connectivity index (χ3n) is 6.80. The Hall–Kier alpha value is -2.58. The van der Waals surface area contributed by atoms with Gasteiger partial charge < -0.3 is 10.2 Å². The maximum atomic E-state index is 12.3. The molecule has 180 valence electrons. The second-order valence-corrected chi connectivity index (χ2v) is 11.2. The van der Waals surface area contributed by atoms with Gasteiger partial charge in [0.05, 0.1) is 11.9 Å². The van der Waals surface area contributed by atoms with Gasteiger partial charge in [-0.15, -0.1) is 11.3 Å². The molecule has 4 heterocycles. The number of carbonyl (C=O) groups excluding carboxylic acids is 1. The van der Waals surface area contributed by atoms with Crippen LogP contribution >= 0.6 is 11.3 Å². The van der Waals surface area contributed by atoms with Crippen molar-refractivity contribution >= 4 is 33.3 Å². The van der Waals surface area contributed by atoms with Crippen molar-refractivity contribution < 1.29 is 4.79 Å². The monoisotopic (exact) mass is 478 g/mol. The highest BCUT2D eigenvalue weighted by molar-refractivity contribution is 7.19. The van der Waals surface area contributed by atoms with Crippen LogP contribution in [0.3, 0.4) is 0 Å². The SMILES string of the molecule is CC(C)CNC(=O)CN1CCN(c2nc(-c3cccnc3)nc3sc4c(c23)CC[C@H](C)C4)CC1. The number of pyridine rings is 1. The Morgan fingerprint density at radius 3 is 2.79 bits per heavy atom. The summed E-state index contributed by atoms with van der Waals surface area (Å²) in [6.45, 7) is 11.2. The van der Waals surface area contributed by atoms with Crippen LogP contribution in [0, 0.1) is 11.8 Å². The molecule has 1 aliphatic carbocycles. The average molecular weight is 479 g/mol. The number of aromatic nitrogens is 3. The van der Waals surface area contributed by atoms with E-state index < -0.39 is 0 Å². The van der Waals surface area contributed by atoms with Gasteiger partial charge in [0, 0.05) is 55.6 Å². The summed E-state index contributed by atoms with van der Waals surface area (Å²) in [4.78, 5) is 33.9. The molecule has 1 aliphatic heterocycles. The van der Waals surface area contributed by atoms with E-state index >= 15 is 0 Å². The van der Waals surface area contributed by atoms with Gasteiger partial charge >= 0.3 is 0 Å². The molecule has 7 nitrogen and oxygen atoms in total. The van der Waals surface area contributed by atoms with Crippen molar-refractivity contribution in [3.8, 4) is 11.4 Å². The van der Waals surface area contributed by atoms with E-state index in [0.29, 0.717) is 12.5 Å². The summed E-state index contributed by atoms with van der Waals surface area (Å²) in [7, 11) is 0. The number of aryl methyl sites for hydroxylation is 1. The molecule has 0 radical (unpaired) electrons. The summed E-state index contributed by atoms with van der Waals surface area (Å²) >= 11 is 1.85. The predicted molar refractivity (Wildman–Crippen MR) is 138 cm³/mol. The second-order valence-electron chi connectivity index (χ2n) is 10.1. The molecular weight excluding hydrogens is 444 g/mol. The second kappa shape index (κ2) is 9.96. The number of carbonyl (C=O) groups is 1. The minimum absolute atomic E-state index is 0.117. The molecule has 0 bridgehead atoms. The van der Waals surface area contributed by atoms with Gasteiger partial charge in [-0.3, -0.25) is 14.7 Å². The van der Waals surface area contributed by atoms with Gasteiger partial charge in [0.15, 0.2) is 5.82 Å². The Kier molecular flexibility index (Phi) is 6.79. The van der Waals surface area contributed by atoms with Crippen LogP contribution in [0.1, 0.15) is 37.6 Å². The van der Waals surface area contributed by atoms with Crippen LogP contribution < -0.4 is 10.2 Å². The average Bonchev–Trinajstić information content (AvgIpc) is 3.20. The highest BCUT2D eigenvalue weighted by Gasteiger charge is 2.28. The number of nitrogens with one attached hydrogen (secondary N) is 1. The third-order valence-corrected chi connectivity index (χ3v) is 7.95. The Labute approximate surface area is 205 Å². The fourth-order valence-corrected chi connectivity index (χ4v) is 6.25. The van der Waals surface area contributed by atoms with Crippen molar-refractivity contribution in [3.63, 3.8) is 0 Å². The summed E-state index contributed by atoms with van der Waals surface area (Å²) in [6, 6.07) is 3.97. The van der Waals surface area contributed by atoms with Crippen molar-refractivity contribution in [3.05, 3.63) is 35.0 Å². The number of nitrogens with zero attached hydrogens (tertiary/aromatic N) is 5. The van der Waals surface area contributed by atoms with Gasteiger partial charge in [0.2, 0.25) is 5.91 Å². The van der Waals surface area contributed by atoms with Crippen molar-refractivity contribution in [1.29, 1.82) is 0 Å². The van der Waals surface area contributed by atoms with Gasteiger partial charge in [0.25, 0.3) is 0 Å². The Bertz CT molecular complexity index is 1150. The quantitative estimate of drug-likeness (QED) is 0.581. The summed E-state index contributed by atoms with van der Waals surface area (Å²) in [6.07, 6.45) is 7.09. The van der Waals surface area contributed by atoms with Gasteiger partial charge in [-0.25, -0.2) is 9.97 Å². The molecule has 0 unspecified atom stereocenters. The van der Waals surface area contributed by atoms with E-state index in [0.717, 1.165) is 73.5 Å². The zero-order valence-corrected chi connectivity index (χ0v) is 21.2. The zero-order valence-electron chi connectivity index (χ0n) is 20.4. The summed E-state index contributed by atoms with van der Waals surface area (Å²) < 4.78 is 0. The fraction of sp³-hybridized carbons (Fsp3) is 0.538. The first kappa shape index (κ1) is 23.2. The normalized spacial score (nSPS) is 18.9. The fourth-order valence-electron chi connectivity index (χ4n) is 4.87. The molecule has 3 aromatic heterocycles. The lowest BCUT2D eigenvalue weighted by Crippen LogP contribution is -2.50. The van der Waals surface area contributed by atoms with Crippen LogP contribution in [-0.4, -0.2) is 65.0 Å². The number of thiophene rings is 1. The highest BCUT2D eigenvalue weighted by atomic mass is 32.1. The van der Waals surface area contributed by atoms with E-state index in [9.17, 15) is 4.79 Å². The highest BCUT2D eigenvalue weighted by Crippen LogP contribution is 2.42. The lowest BCUT2D eigenvalue weighted by molar-refractivity contribution is -0.122. The first-order valence-corrected chi connectivity index (χ1v) is 13.3. The summed E-state index contributed by atoms with van der Waals surface area (Å²) in [5, 5.41) is 4.29. The molecule has 1 fully saturated rings. The minimum Gasteiger partial charge on any atom is -0.355 e. The van der Waals surface area contributed by atoms with E-state index in [1.807, 2.05) is 29.7 Å². The van der Waals surface area contributed by atoms with Crippen LogP contribution in [0.15, 0.2) is 24.5 Å². The first-order chi connectivity index (χ1) is 16.5. The molecule has 8 heteroatoms. The van der Waals surface area contributed by atoms with E-state index in [1.165, 1.54) is 22.2 Å². The topological polar surface area (TPSA) is 74.2 Å². The predicted octanol–water partition coefficient (Wildman–Crippen LogP) is 3.77. The van der Waals surface area contributed by atoms with Gasteiger partial charge in [-0.05, 0) is 48.8 Å². The Balaban J connectivity index is 1.41. The minimum atomic E-state index is 0.117.